The molecule has 1 aliphatic rings. The molecule has 0 aromatic rings. The number of nitrogens with zero attached hydrogens (tertiary/aromatic N) is 1. The van der Waals surface area contributed by atoms with E-state index >= 15 is 0 Å². The van der Waals surface area contributed by atoms with Crippen LogP contribution in [0.15, 0.2) is 22.4 Å². The van der Waals surface area contributed by atoms with Gasteiger partial charge in [0.2, 0.25) is 0 Å². The molecule has 0 radical (unpaired) electrons. The molecule has 0 atom stereocenters. The van der Waals surface area contributed by atoms with Crippen molar-refractivity contribution in [1.29, 1.82) is 0 Å². The van der Waals surface area contributed by atoms with E-state index in [2.05, 4.69) is 74.1 Å². The normalized spacial score (nSPS) is 17.7. The summed E-state index contributed by atoms with van der Waals surface area (Å²) in [5.74, 6) is 1.73. The molecule has 0 aromatic heterocycles. The second-order valence-electron chi connectivity index (χ2n) is 8.41. The minimum absolute atomic E-state index is 0.189. The summed E-state index contributed by atoms with van der Waals surface area (Å²) in [5.41, 5.74) is 5.09. The van der Waals surface area contributed by atoms with E-state index in [0.29, 0.717) is 17.8 Å². The second kappa shape index (κ2) is 7.68. The molecule has 0 aromatic carbocycles. The average Bonchev–Trinajstić information content (AvgIpc) is 2.52. The first-order valence-corrected chi connectivity index (χ1v) is 9.29. The summed E-state index contributed by atoms with van der Waals surface area (Å²) in [6.45, 7) is 22.0. The maximum absolute atomic E-state index is 13.5. The first kappa shape index (κ1) is 20.0. The maximum Gasteiger partial charge on any atom is 0.254 e. The van der Waals surface area contributed by atoms with Gasteiger partial charge in [0.1, 0.15) is 0 Å². The van der Waals surface area contributed by atoms with Crippen molar-refractivity contribution in [3.8, 4) is 0 Å². The Bertz CT molecular complexity index is 504. The summed E-state index contributed by atoms with van der Waals surface area (Å²) >= 11 is 0. The summed E-state index contributed by atoms with van der Waals surface area (Å²) in [4.78, 5) is 15.5. The van der Waals surface area contributed by atoms with Gasteiger partial charge in [-0.1, -0.05) is 61.0 Å². The van der Waals surface area contributed by atoms with Gasteiger partial charge < -0.3 is 4.90 Å². The lowest BCUT2D eigenvalue weighted by Gasteiger charge is -2.34. The molecule has 1 heterocycles. The minimum atomic E-state index is 0.189. The van der Waals surface area contributed by atoms with Gasteiger partial charge in [0.25, 0.3) is 5.91 Å². The van der Waals surface area contributed by atoms with Crippen molar-refractivity contribution >= 4 is 5.91 Å². The van der Waals surface area contributed by atoms with Crippen LogP contribution in [0.4, 0.5) is 0 Å². The topological polar surface area (TPSA) is 20.3 Å². The van der Waals surface area contributed by atoms with Gasteiger partial charge in [0, 0.05) is 17.3 Å². The lowest BCUT2D eigenvalue weighted by Crippen LogP contribution is -2.40. The number of carbonyl (C=O) groups excluding carboxylic acids is 1. The SMILES string of the molecule is CC(C)C1=C(C(C)C)C(=O)N(C(C)C)C(C(C)C)=C(C(C)C)C1. The molecule has 0 saturated carbocycles. The number of amides is 1. The molecule has 0 N–H and O–H groups in total. The Labute approximate surface area is 144 Å². The molecular weight excluding hydrogens is 282 g/mol. The highest BCUT2D eigenvalue weighted by atomic mass is 16.2. The van der Waals surface area contributed by atoms with E-state index in [9.17, 15) is 4.79 Å². The van der Waals surface area contributed by atoms with Gasteiger partial charge in [-0.25, -0.2) is 0 Å². The van der Waals surface area contributed by atoms with Crippen LogP contribution in [-0.4, -0.2) is 16.8 Å². The average molecular weight is 320 g/mol. The van der Waals surface area contributed by atoms with E-state index in [1.54, 1.807) is 0 Å². The summed E-state index contributed by atoms with van der Waals surface area (Å²) in [6.07, 6.45) is 0.950. The van der Waals surface area contributed by atoms with E-state index in [-0.39, 0.29) is 17.9 Å². The zero-order valence-corrected chi connectivity index (χ0v) is 16.9. The maximum atomic E-state index is 13.5. The standard InChI is InChI=1S/C21H37NO/c1-12(2)17-11-18(13(3)4)20(15(7)8)22(16(9)10)21(23)19(17)14(5)6/h12-16H,11H2,1-10H3. The molecule has 0 aliphatic carbocycles. The molecule has 2 heteroatoms. The zero-order chi connectivity index (χ0) is 18.1. The molecular formula is C21H37NO. The van der Waals surface area contributed by atoms with E-state index in [1.165, 1.54) is 16.8 Å². The Kier molecular flexibility index (Phi) is 6.68. The van der Waals surface area contributed by atoms with Gasteiger partial charge in [-0.2, -0.15) is 0 Å². The van der Waals surface area contributed by atoms with Crippen LogP contribution in [0.25, 0.3) is 0 Å². The highest BCUT2D eigenvalue weighted by Gasteiger charge is 2.35. The van der Waals surface area contributed by atoms with Crippen LogP contribution in [-0.2, 0) is 4.79 Å². The van der Waals surface area contributed by atoms with E-state index in [1.807, 2.05) is 0 Å². The number of allylic oxidation sites excluding steroid dienone is 3. The minimum Gasteiger partial charge on any atom is -0.310 e. The third kappa shape index (κ3) is 4.08. The van der Waals surface area contributed by atoms with Crippen LogP contribution in [0, 0.1) is 23.7 Å². The molecule has 0 unspecified atom stereocenters. The molecule has 0 bridgehead atoms. The van der Waals surface area contributed by atoms with Crippen molar-refractivity contribution in [1.82, 2.24) is 4.90 Å². The van der Waals surface area contributed by atoms with Crippen molar-refractivity contribution in [3.63, 3.8) is 0 Å². The van der Waals surface area contributed by atoms with Crippen LogP contribution < -0.4 is 0 Å². The molecule has 2 nitrogen and oxygen atoms in total. The zero-order valence-electron chi connectivity index (χ0n) is 16.9. The first-order chi connectivity index (χ1) is 10.5. The lowest BCUT2D eigenvalue weighted by molar-refractivity contribution is -0.127. The van der Waals surface area contributed by atoms with Gasteiger partial charge >= 0.3 is 0 Å². The summed E-state index contributed by atoms with van der Waals surface area (Å²) in [5, 5.41) is 0. The Morgan fingerprint density at radius 2 is 1.17 bits per heavy atom. The third-order valence-corrected chi connectivity index (χ3v) is 4.80. The number of hydrogen-bond donors (Lipinski definition) is 0. The van der Waals surface area contributed by atoms with Gasteiger partial charge in [-0.05, 0) is 49.5 Å². The third-order valence-electron chi connectivity index (χ3n) is 4.80. The molecule has 23 heavy (non-hydrogen) atoms. The fourth-order valence-electron chi connectivity index (χ4n) is 3.72. The van der Waals surface area contributed by atoms with Crippen molar-refractivity contribution in [2.24, 2.45) is 23.7 Å². The molecule has 1 amide bonds. The lowest BCUT2D eigenvalue weighted by atomic mass is 9.83. The van der Waals surface area contributed by atoms with Gasteiger partial charge in [0.05, 0.1) is 0 Å². The van der Waals surface area contributed by atoms with Gasteiger partial charge in [-0.3, -0.25) is 4.79 Å². The fraction of sp³-hybridized carbons (Fsp3) is 0.762. The molecule has 1 rings (SSSR count). The molecule has 1 aliphatic heterocycles. The highest BCUT2D eigenvalue weighted by molar-refractivity contribution is 5.96. The molecule has 0 spiro atoms. The van der Waals surface area contributed by atoms with Gasteiger partial charge in [0.15, 0.2) is 0 Å². The smallest absolute Gasteiger partial charge is 0.254 e. The Morgan fingerprint density at radius 1 is 0.696 bits per heavy atom. The van der Waals surface area contributed by atoms with Crippen LogP contribution in [0.1, 0.15) is 75.7 Å². The Balaban J connectivity index is 3.73. The largest absolute Gasteiger partial charge is 0.310 e. The van der Waals surface area contributed by atoms with Crippen LogP contribution >= 0.6 is 0 Å². The van der Waals surface area contributed by atoms with Crippen molar-refractivity contribution in [2.45, 2.75) is 81.7 Å². The predicted molar refractivity (Wildman–Crippen MR) is 100 cm³/mol. The van der Waals surface area contributed by atoms with Crippen LogP contribution in [0.5, 0.6) is 0 Å². The number of hydrogen-bond acceptors (Lipinski definition) is 1. The van der Waals surface area contributed by atoms with E-state index < -0.39 is 0 Å². The van der Waals surface area contributed by atoms with Crippen LogP contribution in [0.3, 0.4) is 0 Å². The summed E-state index contributed by atoms with van der Waals surface area (Å²) in [6, 6.07) is 0.189. The van der Waals surface area contributed by atoms with E-state index in [4.69, 9.17) is 0 Å². The van der Waals surface area contributed by atoms with E-state index in [0.717, 1.165) is 12.0 Å². The molecule has 0 saturated heterocycles. The predicted octanol–water partition coefficient (Wildman–Crippen LogP) is 5.80. The Hall–Kier alpha value is -1.05. The van der Waals surface area contributed by atoms with Gasteiger partial charge in [-0.15, -0.1) is 0 Å². The summed E-state index contributed by atoms with van der Waals surface area (Å²) < 4.78 is 0. The fourth-order valence-corrected chi connectivity index (χ4v) is 3.72. The second-order valence-corrected chi connectivity index (χ2v) is 8.41. The molecule has 0 fully saturated rings. The van der Waals surface area contributed by atoms with Crippen molar-refractivity contribution < 1.29 is 4.79 Å². The quantitative estimate of drug-likeness (QED) is 0.627. The van der Waals surface area contributed by atoms with Crippen molar-refractivity contribution in [2.75, 3.05) is 0 Å². The number of rotatable bonds is 5. The van der Waals surface area contributed by atoms with Crippen LogP contribution in [0.2, 0.25) is 0 Å². The molecule has 132 valence electrons. The Morgan fingerprint density at radius 3 is 1.48 bits per heavy atom. The first-order valence-electron chi connectivity index (χ1n) is 9.29. The summed E-state index contributed by atoms with van der Waals surface area (Å²) in [7, 11) is 0. The monoisotopic (exact) mass is 319 g/mol. The van der Waals surface area contributed by atoms with Crippen molar-refractivity contribution in [3.05, 3.63) is 22.4 Å². The highest BCUT2D eigenvalue weighted by Crippen LogP contribution is 2.39. The number of carbonyl (C=O) groups is 1.